The number of nitrogens with one attached hydrogen (secondary N) is 1. The van der Waals surface area contributed by atoms with Crippen molar-refractivity contribution < 1.29 is 13.6 Å². The van der Waals surface area contributed by atoms with Gasteiger partial charge < -0.3 is 5.32 Å². The summed E-state index contributed by atoms with van der Waals surface area (Å²) in [4.78, 5) is 13.1. The van der Waals surface area contributed by atoms with E-state index in [-0.39, 0.29) is 11.3 Å². The molecule has 3 aromatic carbocycles. The highest BCUT2D eigenvalue weighted by molar-refractivity contribution is 6.14. The van der Waals surface area contributed by atoms with Crippen LogP contribution >= 0.6 is 0 Å². The highest BCUT2D eigenvalue weighted by atomic mass is 19.1. The van der Waals surface area contributed by atoms with Crippen LogP contribution < -0.4 is 5.32 Å². The van der Waals surface area contributed by atoms with Crippen molar-refractivity contribution >= 4 is 34.0 Å². The van der Waals surface area contributed by atoms with Crippen LogP contribution in [0, 0.1) is 5.82 Å². The van der Waals surface area contributed by atoms with Gasteiger partial charge in [-0.25, -0.2) is 8.78 Å². The molecular formula is C28H27F2NO. The second kappa shape index (κ2) is 11.6. The van der Waals surface area contributed by atoms with E-state index in [0.717, 1.165) is 10.9 Å². The van der Waals surface area contributed by atoms with Gasteiger partial charge in [0.1, 0.15) is 11.6 Å². The maximum Gasteiger partial charge on any atom is 0.256 e. The van der Waals surface area contributed by atoms with Crippen LogP contribution in [-0.2, 0) is 0 Å². The van der Waals surface area contributed by atoms with Gasteiger partial charge in [-0.05, 0) is 53.1 Å². The zero-order valence-corrected chi connectivity index (χ0v) is 18.6. The van der Waals surface area contributed by atoms with E-state index in [1.54, 1.807) is 36.4 Å². The third kappa shape index (κ3) is 5.67. The summed E-state index contributed by atoms with van der Waals surface area (Å²) in [5.41, 5.74) is 1.84. The van der Waals surface area contributed by atoms with E-state index in [9.17, 15) is 13.6 Å². The summed E-state index contributed by atoms with van der Waals surface area (Å²) in [7, 11) is 0. The number of allylic oxidation sites excluding steroid dienone is 5. The third-order valence-corrected chi connectivity index (χ3v) is 4.59. The van der Waals surface area contributed by atoms with E-state index in [4.69, 9.17) is 0 Å². The van der Waals surface area contributed by atoms with Crippen LogP contribution in [0.25, 0.3) is 22.4 Å². The van der Waals surface area contributed by atoms with Crippen molar-refractivity contribution in [3.05, 3.63) is 114 Å². The Morgan fingerprint density at radius 1 is 1.06 bits per heavy atom. The molecule has 0 radical (unpaired) electrons. The van der Waals surface area contributed by atoms with E-state index < -0.39 is 17.6 Å². The largest absolute Gasteiger partial charge is 0.319 e. The fraction of sp³-hybridized carbons (Fsp3) is 0.107. The average molecular weight is 432 g/mol. The zero-order valence-electron chi connectivity index (χ0n) is 18.6. The Balaban J connectivity index is 0.00000176. The Labute approximate surface area is 188 Å². The molecule has 2 nitrogen and oxygen atoms in total. The van der Waals surface area contributed by atoms with Gasteiger partial charge in [0.25, 0.3) is 5.91 Å². The molecule has 164 valence electrons. The molecule has 0 unspecified atom stereocenters. The van der Waals surface area contributed by atoms with Gasteiger partial charge >= 0.3 is 0 Å². The topological polar surface area (TPSA) is 29.1 Å². The van der Waals surface area contributed by atoms with Crippen molar-refractivity contribution in [1.82, 2.24) is 0 Å². The van der Waals surface area contributed by atoms with Crippen molar-refractivity contribution in [3.63, 3.8) is 0 Å². The van der Waals surface area contributed by atoms with Gasteiger partial charge in [-0.2, -0.15) is 0 Å². The van der Waals surface area contributed by atoms with E-state index in [1.165, 1.54) is 18.2 Å². The van der Waals surface area contributed by atoms with Crippen molar-refractivity contribution in [2.45, 2.75) is 20.8 Å². The minimum atomic E-state index is -0.637. The summed E-state index contributed by atoms with van der Waals surface area (Å²) in [6.45, 7) is 12.8. The van der Waals surface area contributed by atoms with Crippen LogP contribution in [0.1, 0.15) is 42.3 Å². The normalized spacial score (nSPS) is 11.1. The summed E-state index contributed by atoms with van der Waals surface area (Å²) >= 11 is 0. The van der Waals surface area contributed by atoms with E-state index in [0.29, 0.717) is 16.5 Å². The molecule has 3 aromatic rings. The van der Waals surface area contributed by atoms with Crippen LogP contribution in [0.5, 0.6) is 0 Å². The van der Waals surface area contributed by atoms with E-state index in [2.05, 4.69) is 18.5 Å². The molecule has 0 aliphatic carbocycles. The molecular weight excluding hydrogens is 404 g/mol. The summed E-state index contributed by atoms with van der Waals surface area (Å²) in [6.07, 6.45) is 6.59. The lowest BCUT2D eigenvalue weighted by atomic mass is 9.95. The Kier molecular flexibility index (Phi) is 8.84. The molecule has 1 amide bonds. The summed E-state index contributed by atoms with van der Waals surface area (Å²) < 4.78 is 28.3. The maximum atomic E-state index is 14.3. The first-order valence-corrected chi connectivity index (χ1v) is 10.4. The van der Waals surface area contributed by atoms with Crippen LogP contribution in [0.2, 0.25) is 0 Å². The molecule has 0 saturated heterocycles. The lowest BCUT2D eigenvalue weighted by Gasteiger charge is -2.13. The molecule has 0 aliphatic rings. The summed E-state index contributed by atoms with van der Waals surface area (Å²) in [5.74, 6) is -1.67. The molecule has 0 bridgehead atoms. The lowest BCUT2D eigenvalue weighted by molar-refractivity contribution is 0.102. The number of carbonyl (C=O) groups is 1. The van der Waals surface area contributed by atoms with Gasteiger partial charge in [-0.3, -0.25) is 4.79 Å². The number of anilines is 1. The quantitative estimate of drug-likeness (QED) is 0.390. The van der Waals surface area contributed by atoms with Crippen LogP contribution in [-0.4, -0.2) is 5.91 Å². The average Bonchev–Trinajstić information content (AvgIpc) is 2.80. The highest BCUT2D eigenvalue weighted by Gasteiger charge is 2.16. The van der Waals surface area contributed by atoms with Crippen LogP contribution in [0.4, 0.5) is 14.5 Å². The van der Waals surface area contributed by atoms with Gasteiger partial charge in [-0.1, -0.05) is 81.6 Å². The first-order valence-electron chi connectivity index (χ1n) is 10.4. The molecule has 0 aliphatic heterocycles. The van der Waals surface area contributed by atoms with Crippen LogP contribution in [0.3, 0.4) is 0 Å². The van der Waals surface area contributed by atoms with Crippen molar-refractivity contribution in [3.8, 4) is 0 Å². The molecule has 1 N–H and O–H groups in total. The molecule has 0 fully saturated rings. The smallest absolute Gasteiger partial charge is 0.256 e. The summed E-state index contributed by atoms with van der Waals surface area (Å²) in [5, 5.41) is 4.06. The second-order valence-electron chi connectivity index (χ2n) is 6.66. The Morgan fingerprint density at radius 2 is 1.78 bits per heavy atom. The van der Waals surface area contributed by atoms with E-state index in [1.807, 2.05) is 45.1 Å². The van der Waals surface area contributed by atoms with Crippen molar-refractivity contribution in [2.75, 3.05) is 5.32 Å². The monoisotopic (exact) mass is 431 g/mol. The molecule has 4 heteroatoms. The van der Waals surface area contributed by atoms with Gasteiger partial charge in [0.2, 0.25) is 0 Å². The predicted octanol–water partition coefficient (Wildman–Crippen LogP) is 8.34. The fourth-order valence-corrected chi connectivity index (χ4v) is 3.24. The number of amides is 1. The number of benzene rings is 3. The van der Waals surface area contributed by atoms with Gasteiger partial charge in [0.15, 0.2) is 0 Å². The first-order chi connectivity index (χ1) is 15.4. The first kappa shape index (κ1) is 24.5. The minimum Gasteiger partial charge on any atom is -0.319 e. The Morgan fingerprint density at radius 3 is 2.44 bits per heavy atom. The number of hydrogen-bond donors (Lipinski definition) is 1. The Hall–Kier alpha value is -3.79. The second-order valence-corrected chi connectivity index (χ2v) is 6.66. The SMILES string of the molecule is C=C/C=C(\C(=C)F)c1cc(C(=O)Nc2cc(/C=C/C)ccc2F)c2ccccc2c1.CC. The molecule has 0 heterocycles. The predicted molar refractivity (Wildman–Crippen MR) is 133 cm³/mol. The molecule has 0 saturated carbocycles. The minimum absolute atomic E-state index is 0.0712. The standard InChI is InChI=1S/C26H21F2NO.C2H6/c1-4-8-18-12-13-24(28)25(14-18)29-26(30)23-16-20(21(9-5-2)17(3)27)15-19-10-6-7-11-22(19)23;1-2/h4-16H,2-3H2,1H3,(H,29,30);1-2H3/b8-4+,21-9+;. The third-order valence-electron chi connectivity index (χ3n) is 4.59. The number of halogens is 2. The number of fused-ring (bicyclic) bond motifs is 1. The van der Waals surface area contributed by atoms with Crippen molar-refractivity contribution in [2.24, 2.45) is 0 Å². The van der Waals surface area contributed by atoms with Gasteiger partial charge in [-0.15, -0.1) is 0 Å². The lowest BCUT2D eigenvalue weighted by Crippen LogP contribution is -2.14. The number of carbonyl (C=O) groups excluding carboxylic acids is 1. The molecule has 0 aromatic heterocycles. The van der Waals surface area contributed by atoms with Crippen molar-refractivity contribution in [1.29, 1.82) is 0 Å². The Bertz CT molecular complexity index is 1210. The molecule has 3 rings (SSSR count). The van der Waals surface area contributed by atoms with Gasteiger partial charge in [0, 0.05) is 11.1 Å². The maximum absolute atomic E-state index is 14.3. The number of hydrogen-bond acceptors (Lipinski definition) is 1. The molecule has 0 spiro atoms. The summed E-state index contributed by atoms with van der Waals surface area (Å²) in [6, 6.07) is 15.1. The highest BCUT2D eigenvalue weighted by Crippen LogP contribution is 2.30. The van der Waals surface area contributed by atoms with Crippen LogP contribution in [0.15, 0.2) is 91.8 Å². The molecule has 0 atom stereocenters. The number of rotatable bonds is 6. The van der Waals surface area contributed by atoms with Gasteiger partial charge in [0.05, 0.1) is 5.69 Å². The molecule has 32 heavy (non-hydrogen) atoms. The fourth-order valence-electron chi connectivity index (χ4n) is 3.24. The van der Waals surface area contributed by atoms with E-state index >= 15 is 0 Å². The zero-order chi connectivity index (χ0) is 23.7.